The minimum Gasteiger partial charge on any atom is -0.394 e. The third-order valence-corrected chi connectivity index (χ3v) is 3.16. The molecule has 20 heavy (non-hydrogen) atoms. The fourth-order valence-electron chi connectivity index (χ4n) is 1.97. The Bertz CT molecular complexity index is 601. The maximum absolute atomic E-state index is 11.1. The Balaban J connectivity index is 2.31. The molecule has 0 aliphatic carbocycles. The van der Waals surface area contributed by atoms with Crippen molar-refractivity contribution in [2.24, 2.45) is 5.73 Å². The van der Waals surface area contributed by atoms with Crippen LogP contribution in [0, 0.1) is 0 Å². The Morgan fingerprint density at radius 1 is 1.35 bits per heavy atom. The maximum atomic E-state index is 11.1. The summed E-state index contributed by atoms with van der Waals surface area (Å²) in [7, 11) is 0. The van der Waals surface area contributed by atoms with Crippen LogP contribution in [0.4, 0.5) is 5.69 Å². The number of benzene rings is 1. The van der Waals surface area contributed by atoms with E-state index in [4.69, 9.17) is 5.73 Å². The van der Waals surface area contributed by atoms with Crippen molar-refractivity contribution in [2.75, 3.05) is 11.9 Å². The molecule has 1 aromatic heterocycles. The first-order chi connectivity index (χ1) is 9.55. The molecular weight excluding hydrogens is 254 g/mol. The van der Waals surface area contributed by atoms with E-state index in [9.17, 15) is 9.90 Å². The van der Waals surface area contributed by atoms with Gasteiger partial charge in [-0.05, 0) is 24.6 Å². The third-order valence-electron chi connectivity index (χ3n) is 3.16. The minimum atomic E-state index is -0.655. The highest BCUT2D eigenvalue weighted by Gasteiger charge is 2.25. The SMILES string of the molecule is CC(CO)(Nc1ccnc(C(N)=O)c1)c1ccccc1. The molecule has 5 nitrogen and oxygen atoms in total. The van der Waals surface area contributed by atoms with Gasteiger partial charge in [0.15, 0.2) is 0 Å². The van der Waals surface area contributed by atoms with E-state index in [1.165, 1.54) is 6.20 Å². The average molecular weight is 271 g/mol. The van der Waals surface area contributed by atoms with Gasteiger partial charge in [0.2, 0.25) is 0 Å². The fourth-order valence-corrected chi connectivity index (χ4v) is 1.97. The quantitative estimate of drug-likeness (QED) is 0.769. The zero-order chi connectivity index (χ0) is 14.6. The van der Waals surface area contributed by atoms with Crippen LogP contribution in [-0.2, 0) is 5.54 Å². The normalized spacial score (nSPS) is 13.5. The van der Waals surface area contributed by atoms with Gasteiger partial charge in [0.25, 0.3) is 5.91 Å². The molecule has 0 saturated heterocycles. The summed E-state index contributed by atoms with van der Waals surface area (Å²) < 4.78 is 0. The number of aliphatic hydroxyl groups excluding tert-OH is 1. The summed E-state index contributed by atoms with van der Waals surface area (Å²) in [5.74, 6) is -0.584. The molecule has 0 saturated carbocycles. The molecule has 0 spiro atoms. The molecule has 0 fully saturated rings. The molecule has 0 radical (unpaired) electrons. The molecule has 1 unspecified atom stereocenters. The lowest BCUT2D eigenvalue weighted by Crippen LogP contribution is -2.35. The topological polar surface area (TPSA) is 88.2 Å². The first kappa shape index (κ1) is 14.0. The van der Waals surface area contributed by atoms with E-state index in [1.54, 1.807) is 12.1 Å². The lowest BCUT2D eigenvalue weighted by molar-refractivity contribution is 0.0995. The lowest BCUT2D eigenvalue weighted by Gasteiger charge is -2.30. The number of primary amides is 1. The van der Waals surface area contributed by atoms with E-state index in [-0.39, 0.29) is 12.3 Å². The Morgan fingerprint density at radius 3 is 2.65 bits per heavy atom. The van der Waals surface area contributed by atoms with E-state index < -0.39 is 11.4 Å². The van der Waals surface area contributed by atoms with E-state index in [1.807, 2.05) is 37.3 Å². The zero-order valence-electron chi connectivity index (χ0n) is 11.2. The van der Waals surface area contributed by atoms with Crippen LogP contribution < -0.4 is 11.1 Å². The predicted molar refractivity (Wildman–Crippen MR) is 77.3 cm³/mol. The molecule has 1 amide bonds. The van der Waals surface area contributed by atoms with Gasteiger partial charge < -0.3 is 16.2 Å². The third kappa shape index (κ3) is 2.95. The molecule has 2 rings (SSSR count). The molecule has 104 valence electrons. The summed E-state index contributed by atoms with van der Waals surface area (Å²) in [6.45, 7) is 1.79. The summed E-state index contributed by atoms with van der Waals surface area (Å²) in [4.78, 5) is 15.0. The number of nitrogens with one attached hydrogen (secondary N) is 1. The first-order valence-electron chi connectivity index (χ1n) is 6.25. The van der Waals surface area contributed by atoms with E-state index in [0.29, 0.717) is 5.69 Å². The van der Waals surface area contributed by atoms with Crippen molar-refractivity contribution < 1.29 is 9.90 Å². The Kier molecular flexibility index (Phi) is 4.00. The number of amides is 1. The first-order valence-corrected chi connectivity index (χ1v) is 6.25. The van der Waals surface area contributed by atoms with Crippen molar-refractivity contribution in [3.05, 3.63) is 59.9 Å². The van der Waals surface area contributed by atoms with Crippen LogP contribution in [0.5, 0.6) is 0 Å². The number of hydrogen-bond acceptors (Lipinski definition) is 4. The summed E-state index contributed by atoms with van der Waals surface area (Å²) in [6, 6.07) is 12.9. The molecule has 1 heterocycles. The molecule has 2 aromatic rings. The number of anilines is 1. The molecule has 4 N–H and O–H groups in total. The van der Waals surface area contributed by atoms with Crippen LogP contribution in [0.15, 0.2) is 48.7 Å². The van der Waals surface area contributed by atoms with Gasteiger partial charge in [-0.15, -0.1) is 0 Å². The van der Waals surface area contributed by atoms with Crippen LogP contribution in [0.25, 0.3) is 0 Å². The molecule has 5 heteroatoms. The van der Waals surface area contributed by atoms with E-state index in [2.05, 4.69) is 10.3 Å². The number of rotatable bonds is 5. The van der Waals surface area contributed by atoms with Crippen molar-refractivity contribution in [3.63, 3.8) is 0 Å². The summed E-state index contributed by atoms with van der Waals surface area (Å²) in [6.07, 6.45) is 1.51. The number of carbonyl (C=O) groups excluding carboxylic acids is 1. The molecule has 0 bridgehead atoms. The molecule has 1 atom stereocenters. The number of hydrogen-bond donors (Lipinski definition) is 3. The summed E-state index contributed by atoms with van der Waals surface area (Å²) in [5, 5.41) is 12.9. The second kappa shape index (κ2) is 5.71. The monoisotopic (exact) mass is 271 g/mol. The van der Waals surface area contributed by atoms with E-state index in [0.717, 1.165) is 5.56 Å². The highest BCUT2D eigenvalue weighted by Crippen LogP contribution is 2.25. The Hall–Kier alpha value is -2.40. The van der Waals surface area contributed by atoms with Gasteiger partial charge >= 0.3 is 0 Å². The van der Waals surface area contributed by atoms with Gasteiger partial charge in [-0.2, -0.15) is 0 Å². The lowest BCUT2D eigenvalue weighted by atomic mass is 9.92. The van der Waals surface area contributed by atoms with Gasteiger partial charge in [-0.3, -0.25) is 9.78 Å². The highest BCUT2D eigenvalue weighted by molar-refractivity contribution is 5.91. The molecule has 0 aliphatic heterocycles. The summed E-state index contributed by atoms with van der Waals surface area (Å²) in [5.41, 5.74) is 6.36. The van der Waals surface area contributed by atoms with Crippen LogP contribution in [0.1, 0.15) is 23.0 Å². The van der Waals surface area contributed by atoms with Crippen molar-refractivity contribution in [3.8, 4) is 0 Å². The number of aliphatic hydroxyl groups is 1. The van der Waals surface area contributed by atoms with Crippen LogP contribution in [0.2, 0.25) is 0 Å². The van der Waals surface area contributed by atoms with Gasteiger partial charge in [0, 0.05) is 11.9 Å². The average Bonchev–Trinajstić information content (AvgIpc) is 2.48. The highest BCUT2D eigenvalue weighted by atomic mass is 16.3. The minimum absolute atomic E-state index is 0.0920. The number of pyridine rings is 1. The zero-order valence-corrected chi connectivity index (χ0v) is 11.2. The van der Waals surface area contributed by atoms with Crippen LogP contribution >= 0.6 is 0 Å². The van der Waals surface area contributed by atoms with Gasteiger partial charge in [-0.25, -0.2) is 0 Å². The van der Waals surface area contributed by atoms with Gasteiger partial charge in [-0.1, -0.05) is 30.3 Å². The smallest absolute Gasteiger partial charge is 0.267 e. The number of nitrogens with zero attached hydrogens (tertiary/aromatic N) is 1. The number of nitrogens with two attached hydrogens (primary N) is 1. The fraction of sp³-hybridized carbons (Fsp3) is 0.200. The second-order valence-corrected chi connectivity index (χ2v) is 4.78. The van der Waals surface area contributed by atoms with Crippen LogP contribution in [-0.4, -0.2) is 22.6 Å². The number of aromatic nitrogens is 1. The Morgan fingerprint density at radius 2 is 2.05 bits per heavy atom. The largest absolute Gasteiger partial charge is 0.394 e. The maximum Gasteiger partial charge on any atom is 0.267 e. The number of carbonyl (C=O) groups is 1. The summed E-state index contributed by atoms with van der Waals surface area (Å²) >= 11 is 0. The second-order valence-electron chi connectivity index (χ2n) is 4.78. The van der Waals surface area contributed by atoms with Crippen molar-refractivity contribution in [1.29, 1.82) is 0 Å². The van der Waals surface area contributed by atoms with Gasteiger partial charge in [0.05, 0.1) is 12.1 Å². The molecule has 1 aromatic carbocycles. The van der Waals surface area contributed by atoms with Gasteiger partial charge in [0.1, 0.15) is 5.69 Å². The predicted octanol–water partition coefficient (Wildman–Crippen LogP) is 1.50. The van der Waals surface area contributed by atoms with Crippen LogP contribution in [0.3, 0.4) is 0 Å². The van der Waals surface area contributed by atoms with E-state index >= 15 is 0 Å². The standard InChI is InChI=1S/C15H17N3O2/c1-15(10-19,11-5-3-2-4-6-11)18-12-7-8-17-13(9-12)14(16)20/h2-9,19H,10H2,1H3,(H2,16,20)(H,17,18). The molecule has 0 aliphatic rings. The Labute approximate surface area is 117 Å². The van der Waals surface area contributed by atoms with Crippen molar-refractivity contribution in [2.45, 2.75) is 12.5 Å². The molecular formula is C15H17N3O2. The van der Waals surface area contributed by atoms with Crippen molar-refractivity contribution >= 4 is 11.6 Å². The van der Waals surface area contributed by atoms with Crippen molar-refractivity contribution in [1.82, 2.24) is 4.98 Å².